The van der Waals surface area contributed by atoms with Gasteiger partial charge in [0, 0.05) is 11.1 Å². The predicted molar refractivity (Wildman–Crippen MR) is 108 cm³/mol. The highest BCUT2D eigenvalue weighted by atomic mass is 32.2. The summed E-state index contributed by atoms with van der Waals surface area (Å²) in [6.45, 7) is 6.02. The van der Waals surface area contributed by atoms with Crippen LogP contribution in [0.3, 0.4) is 0 Å². The van der Waals surface area contributed by atoms with Gasteiger partial charge in [0.05, 0.1) is 26.2 Å². The zero-order valence-corrected chi connectivity index (χ0v) is 17.2. The van der Waals surface area contributed by atoms with E-state index in [1.165, 1.54) is 11.3 Å². The lowest BCUT2D eigenvalue weighted by Crippen LogP contribution is -2.12. The van der Waals surface area contributed by atoms with Crippen molar-refractivity contribution in [3.8, 4) is 10.6 Å². The molecule has 0 amide bonds. The van der Waals surface area contributed by atoms with Crippen molar-refractivity contribution in [1.82, 2.24) is 9.97 Å². The molecule has 0 aliphatic heterocycles. The van der Waals surface area contributed by atoms with E-state index in [9.17, 15) is 8.42 Å². The molecule has 0 unspecified atom stereocenters. The Balaban J connectivity index is 1.94. The number of thiazole rings is 2. The van der Waals surface area contributed by atoms with E-state index >= 15 is 0 Å². The number of aryl methyl sites for hydroxylation is 3. The van der Waals surface area contributed by atoms with E-state index in [4.69, 9.17) is 5.14 Å². The third-order valence-electron chi connectivity index (χ3n) is 3.81. The third kappa shape index (κ3) is 4.12. The average Bonchev–Trinajstić information content (AvgIpc) is 3.14. The zero-order chi connectivity index (χ0) is 18.9. The molecule has 6 nitrogen and oxygen atoms in total. The maximum atomic E-state index is 11.7. The summed E-state index contributed by atoms with van der Waals surface area (Å²) >= 11 is 3.09. The number of sulfonamides is 1. The molecule has 3 rings (SSSR count). The minimum Gasteiger partial charge on any atom is -0.331 e. The Kier molecular flexibility index (Phi) is 5.42. The van der Waals surface area contributed by atoms with E-state index in [-0.39, 0.29) is 4.90 Å². The topological polar surface area (TPSA) is 98.0 Å². The molecule has 1 aromatic carbocycles. The molecule has 3 N–H and O–H groups in total. The molecule has 138 valence electrons. The first kappa shape index (κ1) is 19.0. The molecule has 0 spiro atoms. The minimum absolute atomic E-state index is 0.0885. The Bertz CT molecular complexity index is 1040. The second-order valence-electron chi connectivity index (χ2n) is 5.92. The Morgan fingerprint density at radius 1 is 1.23 bits per heavy atom. The van der Waals surface area contributed by atoms with E-state index < -0.39 is 10.0 Å². The molecule has 0 atom stereocenters. The Morgan fingerprint density at radius 3 is 2.62 bits per heavy atom. The maximum Gasteiger partial charge on any atom is 0.238 e. The zero-order valence-electron chi connectivity index (χ0n) is 14.7. The number of hydrogen-bond acceptors (Lipinski definition) is 7. The molecule has 3 aromatic rings. The lowest BCUT2D eigenvalue weighted by molar-refractivity contribution is 0.598. The molecule has 2 aromatic heterocycles. The van der Waals surface area contributed by atoms with Crippen molar-refractivity contribution in [2.24, 2.45) is 5.14 Å². The fourth-order valence-electron chi connectivity index (χ4n) is 2.66. The van der Waals surface area contributed by atoms with Crippen molar-refractivity contribution in [1.29, 1.82) is 0 Å². The van der Waals surface area contributed by atoms with Gasteiger partial charge in [0.1, 0.15) is 0 Å². The highest BCUT2D eigenvalue weighted by Gasteiger charge is 2.15. The standard InChI is InChI=1S/C17H20N4O2S3/c1-4-5-12-6-7-13(26(18,22)23)8-14(12)20-17-21-15(9-24-17)16-10(2)19-11(3)25-16/h6-9H,4-5H2,1-3H3,(H,20,21)(H2,18,22,23). The van der Waals surface area contributed by atoms with Gasteiger partial charge in [-0.3, -0.25) is 0 Å². The number of primary sulfonamides is 1. The van der Waals surface area contributed by atoms with Gasteiger partial charge in [-0.1, -0.05) is 19.4 Å². The van der Waals surface area contributed by atoms with Gasteiger partial charge < -0.3 is 5.32 Å². The van der Waals surface area contributed by atoms with Crippen LogP contribution in [-0.4, -0.2) is 18.4 Å². The molecule has 9 heteroatoms. The summed E-state index contributed by atoms with van der Waals surface area (Å²) in [4.78, 5) is 10.2. The van der Waals surface area contributed by atoms with Gasteiger partial charge in [0.25, 0.3) is 0 Å². The molecule has 0 bridgehead atoms. The van der Waals surface area contributed by atoms with Crippen molar-refractivity contribution in [2.45, 2.75) is 38.5 Å². The van der Waals surface area contributed by atoms with Crippen molar-refractivity contribution in [3.63, 3.8) is 0 Å². The largest absolute Gasteiger partial charge is 0.331 e. The monoisotopic (exact) mass is 408 g/mol. The van der Waals surface area contributed by atoms with E-state index in [1.807, 2.05) is 19.2 Å². The lowest BCUT2D eigenvalue weighted by atomic mass is 10.1. The number of nitrogens with two attached hydrogens (primary N) is 1. The second kappa shape index (κ2) is 7.43. The maximum absolute atomic E-state index is 11.7. The molecule has 0 radical (unpaired) electrons. The van der Waals surface area contributed by atoms with Crippen LogP contribution in [0, 0.1) is 13.8 Å². The molecule has 26 heavy (non-hydrogen) atoms. The first-order valence-electron chi connectivity index (χ1n) is 8.10. The summed E-state index contributed by atoms with van der Waals surface area (Å²) < 4.78 is 23.3. The van der Waals surface area contributed by atoms with Crippen LogP contribution in [0.2, 0.25) is 0 Å². The number of aromatic nitrogens is 2. The van der Waals surface area contributed by atoms with Gasteiger partial charge in [-0.15, -0.1) is 22.7 Å². The number of rotatable bonds is 6. The van der Waals surface area contributed by atoms with Gasteiger partial charge in [0.2, 0.25) is 10.0 Å². The van der Waals surface area contributed by atoms with Crippen LogP contribution in [0.15, 0.2) is 28.5 Å². The van der Waals surface area contributed by atoms with E-state index in [0.29, 0.717) is 5.13 Å². The summed E-state index contributed by atoms with van der Waals surface area (Å²) in [5, 5.41) is 12.2. The highest BCUT2D eigenvalue weighted by Crippen LogP contribution is 2.34. The SMILES string of the molecule is CCCc1ccc(S(N)(=O)=O)cc1Nc1nc(-c2sc(C)nc2C)cs1. The summed E-state index contributed by atoms with van der Waals surface area (Å²) in [6.07, 6.45) is 1.78. The van der Waals surface area contributed by atoms with Gasteiger partial charge in [-0.05, 0) is 38.0 Å². The quantitative estimate of drug-likeness (QED) is 0.636. The Hall–Kier alpha value is -1.81. The fourth-order valence-corrected chi connectivity index (χ4v) is 4.86. The third-order valence-corrected chi connectivity index (χ3v) is 6.58. The average molecular weight is 409 g/mol. The van der Waals surface area contributed by atoms with Crippen molar-refractivity contribution >= 4 is 43.5 Å². The van der Waals surface area contributed by atoms with E-state index in [1.54, 1.807) is 29.5 Å². The molecular formula is C17H20N4O2S3. The highest BCUT2D eigenvalue weighted by molar-refractivity contribution is 7.89. The van der Waals surface area contributed by atoms with Crippen LogP contribution in [0.1, 0.15) is 29.6 Å². The normalized spacial score (nSPS) is 11.7. The predicted octanol–water partition coefficient (Wildman–Crippen LogP) is 4.23. The second-order valence-corrected chi connectivity index (χ2v) is 9.55. The van der Waals surface area contributed by atoms with Crippen LogP contribution in [0.4, 0.5) is 10.8 Å². The van der Waals surface area contributed by atoms with Crippen LogP contribution in [0.25, 0.3) is 10.6 Å². The molecular weight excluding hydrogens is 388 g/mol. The number of anilines is 2. The van der Waals surface area contributed by atoms with Gasteiger partial charge in [-0.25, -0.2) is 23.5 Å². The van der Waals surface area contributed by atoms with Crippen LogP contribution >= 0.6 is 22.7 Å². The Labute approximate surface area is 161 Å². The molecule has 2 heterocycles. The van der Waals surface area contributed by atoms with Crippen molar-refractivity contribution in [2.75, 3.05) is 5.32 Å². The molecule has 0 aliphatic carbocycles. The molecule has 0 aliphatic rings. The number of hydrogen-bond donors (Lipinski definition) is 2. The van der Waals surface area contributed by atoms with Gasteiger partial charge in [-0.2, -0.15) is 0 Å². The smallest absolute Gasteiger partial charge is 0.238 e. The number of nitrogens with zero attached hydrogens (tertiary/aromatic N) is 2. The van der Waals surface area contributed by atoms with Crippen LogP contribution < -0.4 is 10.5 Å². The molecule has 0 saturated carbocycles. The van der Waals surface area contributed by atoms with Crippen LogP contribution in [0.5, 0.6) is 0 Å². The minimum atomic E-state index is -3.75. The van der Waals surface area contributed by atoms with E-state index in [2.05, 4.69) is 22.2 Å². The van der Waals surface area contributed by atoms with E-state index in [0.717, 1.165) is 45.4 Å². The summed E-state index contributed by atoms with van der Waals surface area (Å²) in [7, 11) is -3.75. The van der Waals surface area contributed by atoms with Gasteiger partial charge >= 0.3 is 0 Å². The molecule has 0 saturated heterocycles. The summed E-state index contributed by atoms with van der Waals surface area (Å²) in [5.41, 5.74) is 3.59. The van der Waals surface area contributed by atoms with Crippen molar-refractivity contribution < 1.29 is 8.42 Å². The first-order valence-corrected chi connectivity index (χ1v) is 11.3. The number of nitrogens with one attached hydrogen (secondary N) is 1. The summed E-state index contributed by atoms with van der Waals surface area (Å²) in [6, 6.07) is 4.92. The summed E-state index contributed by atoms with van der Waals surface area (Å²) in [5.74, 6) is 0. The number of benzene rings is 1. The Morgan fingerprint density at radius 2 is 2.00 bits per heavy atom. The fraction of sp³-hybridized carbons (Fsp3) is 0.294. The van der Waals surface area contributed by atoms with Crippen LogP contribution in [-0.2, 0) is 16.4 Å². The lowest BCUT2D eigenvalue weighted by Gasteiger charge is -2.11. The first-order chi connectivity index (χ1) is 12.3. The van der Waals surface area contributed by atoms with Gasteiger partial charge in [0.15, 0.2) is 5.13 Å². The van der Waals surface area contributed by atoms with Crippen molar-refractivity contribution in [3.05, 3.63) is 39.8 Å². The molecule has 0 fully saturated rings.